The Kier molecular flexibility index (Phi) is 3.62. The first-order chi connectivity index (χ1) is 8.66. The summed E-state index contributed by atoms with van der Waals surface area (Å²) >= 11 is 0. The lowest BCUT2D eigenvalue weighted by atomic mass is 10.2. The summed E-state index contributed by atoms with van der Waals surface area (Å²) in [4.78, 5) is 23.6. The molecule has 1 N–H and O–H groups in total. The van der Waals surface area contributed by atoms with Gasteiger partial charge in [0.15, 0.2) is 5.78 Å². The smallest absolute Gasteiger partial charge is 0.151 e. The van der Waals surface area contributed by atoms with Crippen LogP contribution in [-0.4, -0.2) is 26.8 Å². The zero-order valence-electron chi connectivity index (χ0n) is 10.3. The summed E-state index contributed by atoms with van der Waals surface area (Å²) in [6.07, 6.45) is 6.65. The Morgan fingerprint density at radius 1 is 1.22 bits per heavy atom. The van der Waals surface area contributed by atoms with Crippen LogP contribution in [0.3, 0.4) is 0 Å². The van der Waals surface area contributed by atoms with Crippen LogP contribution >= 0.6 is 0 Å². The van der Waals surface area contributed by atoms with Crippen LogP contribution in [0.15, 0.2) is 36.9 Å². The summed E-state index contributed by atoms with van der Waals surface area (Å²) in [5.74, 6) is 0.750. The maximum atomic E-state index is 11.1. The monoisotopic (exact) mass is 242 g/mol. The fraction of sp³-hybridized carbons (Fsp3) is 0.231. The number of ketones is 1. The van der Waals surface area contributed by atoms with Crippen molar-refractivity contribution in [3.8, 4) is 11.3 Å². The van der Waals surface area contributed by atoms with Crippen molar-refractivity contribution in [2.45, 2.75) is 19.9 Å². The predicted octanol–water partition coefficient (Wildman–Crippen LogP) is 1.93. The number of hydrogen-bond acceptors (Lipinski definition) is 5. The second-order valence-corrected chi connectivity index (χ2v) is 4.00. The van der Waals surface area contributed by atoms with Crippen LogP contribution in [0.1, 0.15) is 13.8 Å². The van der Waals surface area contributed by atoms with Gasteiger partial charge < -0.3 is 5.32 Å². The van der Waals surface area contributed by atoms with Crippen LogP contribution < -0.4 is 5.32 Å². The van der Waals surface area contributed by atoms with E-state index in [0.29, 0.717) is 5.82 Å². The van der Waals surface area contributed by atoms with Crippen molar-refractivity contribution in [3.63, 3.8) is 0 Å². The first kappa shape index (κ1) is 12.2. The summed E-state index contributed by atoms with van der Waals surface area (Å²) in [6, 6.07) is 3.48. The highest BCUT2D eigenvalue weighted by Gasteiger charge is 2.07. The standard InChI is InChI=1S/C13H14N4O/c1-9(10(2)18)17-13-4-3-11(7-16-13)12-8-14-5-6-15-12/h3-9H,1-2H3,(H,16,17). The molecule has 0 aromatic carbocycles. The van der Waals surface area contributed by atoms with E-state index in [1.54, 1.807) is 38.6 Å². The van der Waals surface area contributed by atoms with E-state index in [1.165, 1.54) is 0 Å². The Bertz CT molecular complexity index is 524. The lowest BCUT2D eigenvalue weighted by molar-refractivity contribution is -0.117. The van der Waals surface area contributed by atoms with E-state index in [4.69, 9.17) is 0 Å². The van der Waals surface area contributed by atoms with Gasteiger partial charge in [-0.3, -0.25) is 14.8 Å². The molecule has 0 radical (unpaired) electrons. The van der Waals surface area contributed by atoms with Crippen LogP contribution in [0.5, 0.6) is 0 Å². The van der Waals surface area contributed by atoms with Crippen molar-refractivity contribution in [2.75, 3.05) is 5.32 Å². The molecule has 18 heavy (non-hydrogen) atoms. The fourth-order valence-corrected chi connectivity index (χ4v) is 1.40. The number of nitrogens with one attached hydrogen (secondary N) is 1. The van der Waals surface area contributed by atoms with Crippen molar-refractivity contribution in [3.05, 3.63) is 36.9 Å². The van der Waals surface area contributed by atoms with E-state index in [-0.39, 0.29) is 11.8 Å². The van der Waals surface area contributed by atoms with Crippen molar-refractivity contribution < 1.29 is 4.79 Å². The molecule has 0 saturated carbocycles. The number of anilines is 1. The first-order valence-corrected chi connectivity index (χ1v) is 5.66. The Morgan fingerprint density at radius 3 is 2.61 bits per heavy atom. The second kappa shape index (κ2) is 5.35. The zero-order chi connectivity index (χ0) is 13.0. The molecule has 5 heteroatoms. The molecule has 0 aliphatic carbocycles. The Balaban J connectivity index is 2.13. The number of pyridine rings is 1. The molecular formula is C13H14N4O. The number of nitrogens with zero attached hydrogens (tertiary/aromatic N) is 3. The maximum absolute atomic E-state index is 11.1. The van der Waals surface area contributed by atoms with Gasteiger partial charge in [0, 0.05) is 24.2 Å². The number of rotatable bonds is 4. The Hall–Kier alpha value is -2.30. The third-order valence-corrected chi connectivity index (χ3v) is 2.60. The van der Waals surface area contributed by atoms with Gasteiger partial charge >= 0.3 is 0 Å². The van der Waals surface area contributed by atoms with Crippen LogP contribution in [0.25, 0.3) is 11.3 Å². The van der Waals surface area contributed by atoms with Crippen LogP contribution in [0.4, 0.5) is 5.82 Å². The Labute approximate surface area is 105 Å². The molecule has 0 aliphatic heterocycles. The number of carbonyl (C=O) groups excluding carboxylic acids is 1. The molecule has 0 amide bonds. The van der Waals surface area contributed by atoms with Crippen molar-refractivity contribution >= 4 is 11.6 Å². The van der Waals surface area contributed by atoms with Gasteiger partial charge in [0.2, 0.25) is 0 Å². The average Bonchev–Trinajstić information content (AvgIpc) is 2.40. The highest BCUT2D eigenvalue weighted by atomic mass is 16.1. The normalized spacial score (nSPS) is 11.9. The average molecular weight is 242 g/mol. The van der Waals surface area contributed by atoms with Gasteiger partial charge in [-0.25, -0.2) is 4.98 Å². The lowest BCUT2D eigenvalue weighted by Crippen LogP contribution is -2.23. The SMILES string of the molecule is CC(=O)C(C)Nc1ccc(-c2cnccn2)cn1. The van der Waals surface area contributed by atoms with Crippen molar-refractivity contribution in [2.24, 2.45) is 0 Å². The molecule has 0 aliphatic rings. The molecule has 2 aromatic rings. The van der Waals surface area contributed by atoms with Gasteiger partial charge in [-0.05, 0) is 26.0 Å². The molecular weight excluding hydrogens is 228 g/mol. The number of aromatic nitrogens is 3. The van der Waals surface area contributed by atoms with Crippen LogP contribution in [0, 0.1) is 0 Å². The van der Waals surface area contributed by atoms with E-state index < -0.39 is 0 Å². The van der Waals surface area contributed by atoms with E-state index >= 15 is 0 Å². The largest absolute Gasteiger partial charge is 0.361 e. The number of carbonyl (C=O) groups is 1. The third-order valence-electron chi connectivity index (χ3n) is 2.60. The summed E-state index contributed by atoms with van der Waals surface area (Å²) in [7, 11) is 0. The van der Waals surface area contributed by atoms with Gasteiger partial charge in [0.05, 0.1) is 17.9 Å². The van der Waals surface area contributed by atoms with Crippen LogP contribution in [0.2, 0.25) is 0 Å². The molecule has 0 saturated heterocycles. The summed E-state index contributed by atoms with van der Waals surface area (Å²) < 4.78 is 0. The summed E-state index contributed by atoms with van der Waals surface area (Å²) in [5.41, 5.74) is 1.67. The molecule has 2 aromatic heterocycles. The van der Waals surface area contributed by atoms with E-state index in [9.17, 15) is 4.79 Å². The van der Waals surface area contributed by atoms with E-state index in [1.807, 2.05) is 12.1 Å². The van der Waals surface area contributed by atoms with Gasteiger partial charge in [-0.2, -0.15) is 0 Å². The second-order valence-electron chi connectivity index (χ2n) is 4.00. The van der Waals surface area contributed by atoms with E-state index in [0.717, 1.165) is 11.3 Å². The molecule has 0 spiro atoms. The number of hydrogen-bond donors (Lipinski definition) is 1. The Morgan fingerprint density at radius 2 is 2.06 bits per heavy atom. The minimum Gasteiger partial charge on any atom is -0.361 e. The topological polar surface area (TPSA) is 67.8 Å². The van der Waals surface area contributed by atoms with Crippen molar-refractivity contribution in [1.82, 2.24) is 15.0 Å². The first-order valence-electron chi connectivity index (χ1n) is 5.66. The van der Waals surface area contributed by atoms with Crippen LogP contribution in [-0.2, 0) is 4.79 Å². The highest BCUT2D eigenvalue weighted by molar-refractivity contribution is 5.83. The fourth-order valence-electron chi connectivity index (χ4n) is 1.40. The number of Topliss-reactive ketones (excluding diaryl/α,β-unsaturated/α-hetero) is 1. The van der Waals surface area contributed by atoms with Gasteiger partial charge in [0.25, 0.3) is 0 Å². The maximum Gasteiger partial charge on any atom is 0.151 e. The predicted molar refractivity (Wildman–Crippen MR) is 69.0 cm³/mol. The molecule has 2 rings (SSSR count). The molecule has 5 nitrogen and oxygen atoms in total. The molecule has 92 valence electrons. The summed E-state index contributed by atoms with van der Waals surface area (Å²) in [5, 5.41) is 3.02. The van der Waals surface area contributed by atoms with Crippen molar-refractivity contribution in [1.29, 1.82) is 0 Å². The minimum atomic E-state index is -0.236. The minimum absolute atomic E-state index is 0.0785. The quantitative estimate of drug-likeness (QED) is 0.887. The van der Waals surface area contributed by atoms with Gasteiger partial charge in [-0.1, -0.05) is 0 Å². The van der Waals surface area contributed by atoms with Gasteiger partial charge in [-0.15, -0.1) is 0 Å². The molecule has 0 fully saturated rings. The molecule has 2 heterocycles. The zero-order valence-corrected chi connectivity index (χ0v) is 10.3. The summed E-state index contributed by atoms with van der Waals surface area (Å²) in [6.45, 7) is 3.35. The molecule has 0 bridgehead atoms. The third kappa shape index (κ3) is 2.88. The van der Waals surface area contributed by atoms with E-state index in [2.05, 4.69) is 20.3 Å². The highest BCUT2D eigenvalue weighted by Crippen LogP contribution is 2.16. The molecule has 1 atom stereocenters. The molecule has 1 unspecified atom stereocenters. The van der Waals surface area contributed by atoms with Gasteiger partial charge in [0.1, 0.15) is 5.82 Å². The lowest BCUT2D eigenvalue weighted by Gasteiger charge is -2.11.